The number of benzene rings is 12. The lowest BCUT2D eigenvalue weighted by Crippen LogP contribution is -2.18. The monoisotopic (exact) mass is 2090 g/mol. The number of aryl methyl sites for hydroxylation is 4. The second kappa shape index (κ2) is 43.2. The van der Waals surface area contributed by atoms with Crippen molar-refractivity contribution in [1.82, 2.24) is 29.9 Å². The third kappa shape index (κ3) is 28.3. The van der Waals surface area contributed by atoms with Crippen LogP contribution in [0.5, 0.6) is 0 Å². The minimum atomic E-state index is -4.97. The summed E-state index contributed by atoms with van der Waals surface area (Å²) in [6.45, 7) is 6.72. The fourth-order valence-electron chi connectivity index (χ4n) is 12.4. The highest BCUT2D eigenvalue weighted by atomic mass is 32.2. The summed E-state index contributed by atoms with van der Waals surface area (Å²) in [5, 5.41) is 84.7. The molecule has 0 saturated heterocycles. The number of nitrogens with zero attached hydrogens (tertiary/aromatic N) is 22. The zero-order valence-corrected chi connectivity index (χ0v) is 79.8. The van der Waals surface area contributed by atoms with Crippen molar-refractivity contribution in [3.05, 3.63) is 265 Å². The summed E-state index contributed by atoms with van der Waals surface area (Å²) in [6, 6.07) is 52.4. The molecule has 51 nitrogen and oxygen atoms in total. The van der Waals surface area contributed by atoms with E-state index in [1.54, 1.807) is 82.3 Å². The van der Waals surface area contributed by atoms with Crippen LogP contribution in [0, 0.1) is 27.7 Å². The number of azo groups is 8. The Morgan fingerprint density at radius 2 is 0.427 bits per heavy atom. The second-order valence-electron chi connectivity index (χ2n) is 29.7. The Labute approximate surface area is 813 Å². The third-order valence-electron chi connectivity index (χ3n) is 19.3. The summed E-state index contributed by atoms with van der Waals surface area (Å²) < 4.78 is 260. The maximum absolute atomic E-state index is 12.7. The van der Waals surface area contributed by atoms with Crippen LogP contribution in [-0.4, -0.2) is 143 Å². The standard InChI is InChI=1S/C84H70N28O23S8/c1-47-39-55(13-29-67(47)105-109-71-33-17-59(43-75(71)136(113)114)101-97-51-5-21-63(22-6-51)137(115,116)117)87-81-91-79(92-82(95-81)88-56-14-30-68(48(2)40-56)106-110-72-34-18-60(44-76(72)141(127,128)129)102-98-52-7-23-64(24-8-52)138(118,119)120)85-37-38-86-80-93-83(89-57-15-31-69(49(3)41-57)107-111-73-35-19-61(45-77(73)142(130,131)132)103-99-53-9-25-65(26-10-53)139(121,122)123)96-84(94-80)90-58-16-32-70(50(4)42-58)108-112-74-36-20-62(46-78(74)143(133,134)135)104-100-54-11-27-66(28-12-54)140(124,125)126/h5-36,39-46H,37-38H2,1-4H3,(H,113,114)(H,115,116,117)(H,118,119,120)(H,121,122,123)(H,124,125,126)(H,127,128,129)(H,130,131,132)(H,133,134,135)(H3,85,87,88,91,92,95)(H3,86,89,90,93,94,96). The lowest BCUT2D eigenvalue weighted by Gasteiger charge is -2.14. The van der Waals surface area contributed by atoms with Crippen molar-refractivity contribution >= 4 is 231 Å². The SMILES string of the molecule is Cc1cc(Nc2nc(NCCNc3nc(Nc4ccc(N=Nc5ccc(N=Nc6ccc(S(=O)(=O)O)cc6)cc5S(=O)(=O)O)c(C)c4)nc(Nc4ccc(N=Nc5ccc(N=Nc6ccc(S(=O)(=O)O)cc6)cc5S(=O)(=O)O)c(C)c4)n3)nc(Nc3ccc(N=Nc4ccc(N=Nc5ccc(S(=O)(=O)O)cc5)cc4S(=O)(=O)O)c(C)c3)n2)ccc1N=Nc1ccc(N=Nc2ccc(S(=O)(=O)O)cc2)cc1S(=O)O. The van der Waals surface area contributed by atoms with Crippen molar-refractivity contribution in [1.29, 1.82) is 0 Å². The van der Waals surface area contributed by atoms with Gasteiger partial charge >= 0.3 is 0 Å². The second-order valence-corrected chi connectivity index (χ2v) is 40.5. The van der Waals surface area contributed by atoms with Gasteiger partial charge in [-0.1, -0.05) is 0 Å². The van der Waals surface area contributed by atoms with E-state index in [1.165, 1.54) is 121 Å². The molecule has 2 heterocycles. The molecule has 0 radical (unpaired) electrons. The number of rotatable bonds is 37. The molecule has 143 heavy (non-hydrogen) atoms. The first-order valence-corrected chi connectivity index (χ1v) is 51.5. The van der Waals surface area contributed by atoms with Gasteiger partial charge in [-0.15, -0.1) is 20.5 Å². The summed E-state index contributed by atoms with van der Waals surface area (Å²) in [4.78, 5) is 24.1. The zero-order chi connectivity index (χ0) is 103. The summed E-state index contributed by atoms with van der Waals surface area (Å²) in [5.41, 5.74) is 4.12. The van der Waals surface area contributed by atoms with E-state index in [0.29, 0.717) is 50.7 Å². The van der Waals surface area contributed by atoms with Crippen LogP contribution in [0.25, 0.3) is 0 Å². The van der Waals surface area contributed by atoms with Crippen molar-refractivity contribution in [2.24, 2.45) is 81.8 Å². The van der Waals surface area contributed by atoms with E-state index in [2.05, 4.69) is 144 Å². The predicted octanol–water partition coefficient (Wildman–Crippen LogP) is 21.4. The van der Waals surface area contributed by atoms with Crippen LogP contribution in [0.3, 0.4) is 0 Å². The molecule has 0 aliphatic carbocycles. The molecular formula is C84H70N28O23S8. The van der Waals surface area contributed by atoms with Gasteiger partial charge in [0.05, 0.1) is 92.7 Å². The topological polar surface area (TPSA) is 765 Å². The van der Waals surface area contributed by atoms with Crippen molar-refractivity contribution in [3.63, 3.8) is 0 Å². The maximum atomic E-state index is 12.7. The van der Waals surface area contributed by atoms with Crippen LogP contribution in [0.1, 0.15) is 22.3 Å². The molecule has 1 atom stereocenters. The molecule has 14 rings (SSSR count). The molecular weight excluding hydrogens is 2030 g/mol. The molecule has 0 saturated carbocycles. The van der Waals surface area contributed by atoms with Gasteiger partial charge in [0.2, 0.25) is 35.7 Å². The first-order valence-electron chi connectivity index (χ1n) is 40.4. The fraction of sp³-hybridized carbons (Fsp3) is 0.0714. The molecule has 14 N–H and O–H groups in total. The number of hydrogen-bond acceptors (Lipinski definition) is 43. The predicted molar refractivity (Wildman–Crippen MR) is 517 cm³/mol. The quantitative estimate of drug-likeness (QED) is 0.00744. The van der Waals surface area contributed by atoms with E-state index < -0.39 is 111 Å². The Balaban J connectivity index is 0.730. The lowest BCUT2D eigenvalue weighted by atomic mass is 10.2. The highest BCUT2D eigenvalue weighted by molar-refractivity contribution is 7.87. The van der Waals surface area contributed by atoms with Crippen LogP contribution in [0.2, 0.25) is 0 Å². The molecule has 14 aromatic rings. The minimum absolute atomic E-state index is 0.00389. The number of aromatic nitrogens is 6. The molecule has 2 aromatic heterocycles. The van der Waals surface area contributed by atoms with Gasteiger partial charge in [0.25, 0.3) is 70.8 Å². The summed E-state index contributed by atoms with van der Waals surface area (Å²) >= 11 is -2.61. The van der Waals surface area contributed by atoms with Gasteiger partial charge in [-0.3, -0.25) is 31.9 Å². The van der Waals surface area contributed by atoms with Crippen molar-refractivity contribution in [2.45, 2.75) is 66.9 Å². The van der Waals surface area contributed by atoms with Crippen molar-refractivity contribution in [2.75, 3.05) is 45.0 Å². The van der Waals surface area contributed by atoms with Crippen molar-refractivity contribution in [3.8, 4) is 0 Å². The fourth-order valence-corrected chi connectivity index (χ4v) is 16.7. The van der Waals surface area contributed by atoms with Crippen molar-refractivity contribution < 1.29 is 99.6 Å². The van der Waals surface area contributed by atoms with Gasteiger partial charge in [-0.05, 0) is 293 Å². The normalized spacial score (nSPS) is 12.8. The number of nitrogens with one attached hydrogen (secondary N) is 6. The molecule has 59 heteroatoms. The Kier molecular flexibility index (Phi) is 31.0. The minimum Gasteiger partial charge on any atom is -0.352 e. The van der Waals surface area contributed by atoms with Crippen LogP contribution in [0.4, 0.5) is 149 Å². The molecule has 0 amide bonds. The summed E-state index contributed by atoms with van der Waals surface area (Å²) in [7, 11) is -32.9. The van der Waals surface area contributed by atoms with E-state index in [4.69, 9.17) is 0 Å². The summed E-state index contributed by atoms with van der Waals surface area (Å²) in [5.74, 6) is -0.239. The number of hydrogen-bond donors (Lipinski definition) is 14. The van der Waals surface area contributed by atoms with Crippen LogP contribution < -0.4 is 31.9 Å². The van der Waals surface area contributed by atoms with E-state index in [9.17, 15) is 99.6 Å². The van der Waals surface area contributed by atoms with E-state index >= 15 is 0 Å². The smallest absolute Gasteiger partial charge is 0.296 e. The average Bonchev–Trinajstić information content (AvgIpc) is 0.809. The molecule has 0 aliphatic rings. The molecule has 0 fully saturated rings. The Morgan fingerprint density at radius 1 is 0.231 bits per heavy atom. The molecule has 0 aliphatic heterocycles. The lowest BCUT2D eigenvalue weighted by molar-refractivity contribution is 0.481. The molecule has 0 bridgehead atoms. The summed E-state index contributed by atoms with van der Waals surface area (Å²) in [6.07, 6.45) is 0. The molecule has 732 valence electrons. The van der Waals surface area contributed by atoms with Gasteiger partial charge in [0.1, 0.15) is 37.4 Å². The Hall–Kier alpha value is -16.3. The van der Waals surface area contributed by atoms with Gasteiger partial charge < -0.3 is 36.5 Å². The maximum Gasteiger partial charge on any atom is 0.296 e. The van der Waals surface area contributed by atoms with E-state index in [-0.39, 0.29) is 144 Å². The van der Waals surface area contributed by atoms with E-state index in [0.717, 1.165) is 66.7 Å². The largest absolute Gasteiger partial charge is 0.352 e. The first-order chi connectivity index (χ1) is 67.6. The van der Waals surface area contributed by atoms with Gasteiger partial charge in [0.15, 0.2) is 11.1 Å². The molecule has 12 aromatic carbocycles. The van der Waals surface area contributed by atoms with E-state index in [1.807, 2.05) is 0 Å². The third-order valence-corrected chi connectivity index (χ3v) is 26.1. The Morgan fingerprint density at radius 3 is 0.650 bits per heavy atom. The highest BCUT2D eigenvalue weighted by Gasteiger charge is 2.24. The van der Waals surface area contributed by atoms with Crippen LogP contribution in [0.15, 0.2) is 364 Å². The number of anilines is 10. The molecule has 1 unspecified atom stereocenters. The van der Waals surface area contributed by atoms with Gasteiger partial charge in [-0.25, -0.2) is 4.21 Å². The Bertz CT molecular complexity index is 8280. The highest BCUT2D eigenvalue weighted by Crippen LogP contribution is 2.40. The van der Waals surface area contributed by atoms with Crippen LogP contribution in [-0.2, 0) is 81.9 Å². The average molecular weight is 2100 g/mol. The van der Waals surface area contributed by atoms with Gasteiger partial charge in [0, 0.05) is 35.8 Å². The van der Waals surface area contributed by atoms with Crippen LogP contribution >= 0.6 is 0 Å². The molecule has 0 spiro atoms. The zero-order valence-electron chi connectivity index (χ0n) is 73.3. The van der Waals surface area contributed by atoms with Gasteiger partial charge in [-0.2, -0.15) is 150 Å². The first kappa shape index (κ1) is 103.